The minimum Gasteiger partial charge on any atom is -0.476 e. The average molecular weight is 342 g/mol. The first-order valence-electron chi connectivity index (χ1n) is 7.58. The summed E-state index contributed by atoms with van der Waals surface area (Å²) < 4.78 is 5.20. The summed E-state index contributed by atoms with van der Waals surface area (Å²) in [6, 6.07) is 8.97. The van der Waals surface area contributed by atoms with Gasteiger partial charge in [-0.1, -0.05) is 35.4 Å². The van der Waals surface area contributed by atoms with E-state index in [1.54, 1.807) is 0 Å². The number of carbonyl (C=O) groups is 3. The van der Waals surface area contributed by atoms with E-state index < -0.39 is 24.4 Å². The molecule has 0 aliphatic carbocycles. The number of azide groups is 1. The molecule has 2 atom stereocenters. The second kappa shape index (κ2) is 6.66. The van der Waals surface area contributed by atoms with Crippen molar-refractivity contribution in [3.63, 3.8) is 0 Å². The van der Waals surface area contributed by atoms with Crippen molar-refractivity contribution in [2.75, 3.05) is 6.54 Å². The Morgan fingerprint density at radius 3 is 2.68 bits per heavy atom. The summed E-state index contributed by atoms with van der Waals surface area (Å²) in [5.74, 6) is -3.01. The van der Waals surface area contributed by atoms with Crippen LogP contribution in [0.2, 0.25) is 0 Å². The Bertz CT molecular complexity index is 813. The topological polar surface area (TPSA) is 133 Å². The number of ether oxygens (including phenoxy) is 1. The standard InChI is InChI=1S/C16H14N4O5/c17-19-18-8-13(22)25-15-10(6-9-4-2-1-3-5-9)11-7-12(21)20(11)14(15)16(23)24/h1-5,10-11H,6-8H2,(H,23,24). The molecule has 9 nitrogen and oxygen atoms in total. The molecular weight excluding hydrogens is 328 g/mol. The average Bonchev–Trinajstić information content (AvgIpc) is 2.83. The molecule has 3 rings (SSSR count). The number of fused-ring (bicyclic) bond motifs is 1. The Kier molecular flexibility index (Phi) is 4.40. The number of carboxylic acid groups (broad SMARTS) is 1. The van der Waals surface area contributed by atoms with Gasteiger partial charge in [0.1, 0.15) is 12.3 Å². The maximum atomic E-state index is 11.8. The molecule has 1 amide bonds. The van der Waals surface area contributed by atoms with E-state index in [1.807, 2.05) is 30.3 Å². The van der Waals surface area contributed by atoms with Crippen LogP contribution < -0.4 is 0 Å². The highest BCUT2D eigenvalue weighted by Crippen LogP contribution is 2.44. The minimum absolute atomic E-state index is 0.0506. The van der Waals surface area contributed by atoms with E-state index in [0.29, 0.717) is 6.42 Å². The van der Waals surface area contributed by atoms with Gasteiger partial charge in [-0.05, 0) is 17.5 Å². The molecule has 128 valence electrons. The van der Waals surface area contributed by atoms with E-state index in [-0.39, 0.29) is 29.8 Å². The van der Waals surface area contributed by atoms with Gasteiger partial charge in [0.25, 0.3) is 0 Å². The van der Waals surface area contributed by atoms with E-state index in [0.717, 1.165) is 5.56 Å². The lowest BCUT2D eigenvalue weighted by Crippen LogP contribution is -2.52. The Morgan fingerprint density at radius 1 is 1.36 bits per heavy atom. The van der Waals surface area contributed by atoms with Crippen molar-refractivity contribution in [2.24, 2.45) is 11.0 Å². The summed E-state index contributed by atoms with van der Waals surface area (Å²) in [7, 11) is 0. The van der Waals surface area contributed by atoms with Crippen molar-refractivity contribution in [1.29, 1.82) is 0 Å². The van der Waals surface area contributed by atoms with Crippen molar-refractivity contribution >= 4 is 17.8 Å². The van der Waals surface area contributed by atoms with E-state index in [4.69, 9.17) is 10.3 Å². The van der Waals surface area contributed by atoms with Crippen LogP contribution in [-0.2, 0) is 25.5 Å². The SMILES string of the molecule is [N-]=[N+]=NCC(=O)OC1=C(C(=O)O)N2C(=O)CC2C1Cc1ccccc1. The number of carboxylic acids is 1. The smallest absolute Gasteiger partial charge is 0.356 e. The van der Waals surface area contributed by atoms with Crippen molar-refractivity contribution in [2.45, 2.75) is 18.9 Å². The summed E-state index contributed by atoms with van der Waals surface area (Å²) in [6.45, 7) is -0.552. The van der Waals surface area contributed by atoms with Gasteiger partial charge in [-0.15, -0.1) is 0 Å². The highest BCUT2D eigenvalue weighted by Gasteiger charge is 2.54. The van der Waals surface area contributed by atoms with Crippen molar-refractivity contribution in [3.8, 4) is 0 Å². The molecule has 1 aromatic rings. The van der Waals surface area contributed by atoms with Gasteiger partial charge in [-0.25, -0.2) is 4.79 Å². The van der Waals surface area contributed by atoms with Crippen LogP contribution in [-0.4, -0.2) is 40.4 Å². The van der Waals surface area contributed by atoms with E-state index in [1.165, 1.54) is 4.90 Å². The predicted octanol–water partition coefficient (Wildman–Crippen LogP) is 1.61. The molecule has 0 saturated carbocycles. The van der Waals surface area contributed by atoms with Crippen LogP contribution in [0, 0.1) is 5.92 Å². The number of amides is 1. The second-order valence-corrected chi connectivity index (χ2v) is 5.71. The first-order chi connectivity index (χ1) is 12.0. The summed E-state index contributed by atoms with van der Waals surface area (Å²) in [4.78, 5) is 38.9. The fourth-order valence-electron chi connectivity index (χ4n) is 3.20. The zero-order chi connectivity index (χ0) is 18.0. The van der Waals surface area contributed by atoms with Gasteiger partial charge in [0.2, 0.25) is 5.91 Å². The van der Waals surface area contributed by atoms with Crippen LogP contribution >= 0.6 is 0 Å². The monoisotopic (exact) mass is 342 g/mol. The maximum Gasteiger partial charge on any atom is 0.356 e. The summed E-state index contributed by atoms with van der Waals surface area (Å²) in [5.41, 5.74) is 8.91. The number of esters is 1. The van der Waals surface area contributed by atoms with E-state index in [2.05, 4.69) is 10.0 Å². The summed E-state index contributed by atoms with van der Waals surface area (Å²) >= 11 is 0. The minimum atomic E-state index is -1.33. The predicted molar refractivity (Wildman–Crippen MR) is 83.7 cm³/mol. The van der Waals surface area contributed by atoms with E-state index >= 15 is 0 Å². The molecule has 0 bridgehead atoms. The molecule has 0 spiro atoms. The van der Waals surface area contributed by atoms with Gasteiger partial charge in [-0.2, -0.15) is 0 Å². The fraction of sp³-hybridized carbons (Fsp3) is 0.312. The fourth-order valence-corrected chi connectivity index (χ4v) is 3.20. The molecule has 1 fully saturated rings. The third-order valence-corrected chi connectivity index (χ3v) is 4.25. The van der Waals surface area contributed by atoms with Crippen molar-refractivity contribution in [1.82, 2.24) is 4.90 Å². The van der Waals surface area contributed by atoms with Crippen LogP contribution in [0.3, 0.4) is 0 Å². The Labute approximate surface area is 142 Å². The van der Waals surface area contributed by atoms with Gasteiger partial charge in [0.05, 0.1) is 6.04 Å². The molecule has 0 aromatic heterocycles. The lowest BCUT2D eigenvalue weighted by molar-refractivity contribution is -0.148. The lowest BCUT2D eigenvalue weighted by Gasteiger charge is -2.37. The number of nitrogens with zero attached hydrogens (tertiary/aromatic N) is 4. The molecule has 0 radical (unpaired) electrons. The molecule has 2 aliphatic heterocycles. The molecule has 1 saturated heterocycles. The van der Waals surface area contributed by atoms with Gasteiger partial charge in [-0.3, -0.25) is 14.5 Å². The molecule has 2 unspecified atom stereocenters. The largest absolute Gasteiger partial charge is 0.476 e. The Hall–Kier alpha value is -3.32. The number of β-lactam (4-membered cyclic amide) rings is 1. The Morgan fingerprint density at radius 2 is 2.08 bits per heavy atom. The van der Waals surface area contributed by atoms with Crippen LogP contribution in [0.4, 0.5) is 0 Å². The normalized spacial score (nSPS) is 21.3. The van der Waals surface area contributed by atoms with Crippen LogP contribution in [0.5, 0.6) is 0 Å². The van der Waals surface area contributed by atoms with Gasteiger partial charge in [0, 0.05) is 17.3 Å². The first kappa shape index (κ1) is 16.5. The molecule has 1 N–H and O–H groups in total. The zero-order valence-electron chi connectivity index (χ0n) is 13.0. The third kappa shape index (κ3) is 3.05. The van der Waals surface area contributed by atoms with Gasteiger partial charge < -0.3 is 9.84 Å². The Balaban J connectivity index is 1.93. The van der Waals surface area contributed by atoms with Crippen LogP contribution in [0.15, 0.2) is 46.9 Å². The number of hydrogen-bond acceptors (Lipinski definition) is 5. The number of aliphatic carboxylic acids is 1. The third-order valence-electron chi connectivity index (χ3n) is 4.25. The van der Waals surface area contributed by atoms with Crippen LogP contribution in [0.25, 0.3) is 10.4 Å². The molecule has 2 aliphatic rings. The van der Waals surface area contributed by atoms with Gasteiger partial charge >= 0.3 is 11.9 Å². The number of benzene rings is 1. The highest BCUT2D eigenvalue weighted by atomic mass is 16.5. The molecule has 9 heteroatoms. The maximum absolute atomic E-state index is 11.8. The molecule has 2 heterocycles. The number of rotatable bonds is 6. The quantitative estimate of drug-likeness (QED) is 0.276. The van der Waals surface area contributed by atoms with Crippen molar-refractivity contribution < 1.29 is 24.2 Å². The number of carbonyl (C=O) groups excluding carboxylic acids is 2. The molecular formula is C16H14N4O5. The molecule has 1 aromatic carbocycles. The van der Waals surface area contributed by atoms with Crippen molar-refractivity contribution in [3.05, 3.63) is 57.8 Å². The lowest BCUT2D eigenvalue weighted by atomic mass is 9.86. The zero-order valence-corrected chi connectivity index (χ0v) is 13.0. The van der Waals surface area contributed by atoms with Crippen LogP contribution in [0.1, 0.15) is 12.0 Å². The van der Waals surface area contributed by atoms with Gasteiger partial charge in [0.15, 0.2) is 5.70 Å². The highest BCUT2D eigenvalue weighted by molar-refractivity contribution is 5.98. The molecule has 25 heavy (non-hydrogen) atoms. The van der Waals surface area contributed by atoms with E-state index in [9.17, 15) is 19.5 Å². The number of hydrogen-bond donors (Lipinski definition) is 1. The summed E-state index contributed by atoms with van der Waals surface area (Å²) in [5, 5.41) is 12.6. The first-order valence-corrected chi connectivity index (χ1v) is 7.58. The second-order valence-electron chi connectivity index (χ2n) is 5.71. The summed E-state index contributed by atoms with van der Waals surface area (Å²) in [6.07, 6.45) is 0.627.